The van der Waals surface area contributed by atoms with Gasteiger partial charge in [0.05, 0.1) is 29.0 Å². The summed E-state index contributed by atoms with van der Waals surface area (Å²) in [6, 6.07) is 1.73. The highest BCUT2D eigenvalue weighted by molar-refractivity contribution is 6.02. The van der Waals surface area contributed by atoms with Crippen molar-refractivity contribution in [1.82, 2.24) is 50.0 Å². The van der Waals surface area contributed by atoms with E-state index in [2.05, 4.69) is 35.6 Å². The van der Waals surface area contributed by atoms with Gasteiger partial charge in [-0.05, 0) is 64.6 Å². The van der Waals surface area contributed by atoms with E-state index in [1.54, 1.807) is 4.90 Å². The second-order valence-corrected chi connectivity index (χ2v) is 17.8. The molecule has 0 bridgehead atoms. The molecule has 1 aliphatic carbocycles. The van der Waals surface area contributed by atoms with E-state index in [1.807, 2.05) is 35.8 Å². The predicted molar refractivity (Wildman–Crippen MR) is 240 cm³/mol. The largest absolute Gasteiger partial charge is 0.383 e. The van der Waals surface area contributed by atoms with Gasteiger partial charge in [-0.3, -0.25) is 24.6 Å². The molecule has 1 unspecified atom stereocenters. The molecule has 20 heteroatoms. The number of unbranched alkanes of at least 4 members (excludes halogenated alkanes) is 4. The van der Waals surface area contributed by atoms with Crippen LogP contribution in [0, 0.1) is 11.6 Å². The lowest BCUT2D eigenvalue weighted by molar-refractivity contribution is -0.134. The van der Waals surface area contributed by atoms with E-state index in [4.69, 9.17) is 25.3 Å². The topological polar surface area (TPSA) is 210 Å². The average Bonchev–Trinajstić information content (AvgIpc) is 3.92. The Balaban J connectivity index is 0.687. The second-order valence-electron chi connectivity index (χ2n) is 17.8. The van der Waals surface area contributed by atoms with Gasteiger partial charge >= 0.3 is 0 Å². The number of anilines is 4. The molecule has 1 atom stereocenters. The first-order chi connectivity index (χ1) is 31.5. The zero-order chi connectivity index (χ0) is 45.2. The Kier molecular flexibility index (Phi) is 12.9. The van der Waals surface area contributed by atoms with Crippen molar-refractivity contribution in [2.75, 3.05) is 79.8 Å². The Hall–Kier alpha value is -6.31. The molecule has 4 aromatic heterocycles. The molecule has 5 aromatic rings. The number of hydrogen-bond acceptors (Lipinski definition) is 15. The number of nitrogens with zero attached hydrogens (tertiary/aromatic N) is 11. The van der Waals surface area contributed by atoms with Gasteiger partial charge in [0.2, 0.25) is 17.7 Å². The summed E-state index contributed by atoms with van der Waals surface area (Å²) in [5, 5.41) is 15.1. The fourth-order valence-electron chi connectivity index (χ4n) is 9.13. The van der Waals surface area contributed by atoms with Crippen LogP contribution in [0.4, 0.5) is 31.7 Å². The third-order valence-corrected chi connectivity index (χ3v) is 12.9. The highest BCUT2D eigenvalue weighted by Gasteiger charge is 2.36. The van der Waals surface area contributed by atoms with E-state index in [-0.39, 0.29) is 48.0 Å². The Bertz CT molecular complexity index is 2500. The van der Waals surface area contributed by atoms with E-state index in [9.17, 15) is 14.4 Å². The molecule has 4 aliphatic rings. The number of hydrogen-bond donors (Lipinski definition) is 3. The van der Waals surface area contributed by atoms with Crippen molar-refractivity contribution < 1.29 is 27.7 Å². The number of nitrogens with one attached hydrogen (secondary N) is 2. The average molecular weight is 895 g/mol. The number of benzene rings is 1. The summed E-state index contributed by atoms with van der Waals surface area (Å²) in [5.74, 6) is -0.217. The highest BCUT2D eigenvalue weighted by Crippen LogP contribution is 2.48. The number of piperidine rings is 1. The maximum atomic E-state index is 15.1. The summed E-state index contributed by atoms with van der Waals surface area (Å²) in [6.07, 6.45) is 13.0. The van der Waals surface area contributed by atoms with Crippen LogP contribution in [-0.4, -0.2) is 127 Å². The van der Waals surface area contributed by atoms with Crippen molar-refractivity contribution in [1.29, 1.82) is 0 Å². The van der Waals surface area contributed by atoms with Crippen LogP contribution in [0.25, 0.3) is 33.8 Å². The molecule has 1 saturated carbocycles. The summed E-state index contributed by atoms with van der Waals surface area (Å²) < 4.78 is 38.0. The number of carbonyl (C=O) groups is 3. The molecular weight excluding hydrogens is 839 g/mol. The summed E-state index contributed by atoms with van der Waals surface area (Å²) in [7, 11) is 0. The van der Waals surface area contributed by atoms with Crippen LogP contribution in [-0.2, 0) is 14.4 Å². The molecule has 3 saturated heterocycles. The van der Waals surface area contributed by atoms with Crippen molar-refractivity contribution in [3.05, 3.63) is 48.2 Å². The quantitative estimate of drug-likeness (QED) is 0.0850. The molecule has 4 N–H and O–H groups in total. The maximum Gasteiger partial charge on any atom is 0.249 e. The summed E-state index contributed by atoms with van der Waals surface area (Å²) in [4.78, 5) is 63.2. The predicted octanol–water partition coefficient (Wildman–Crippen LogP) is 5.29. The van der Waals surface area contributed by atoms with Gasteiger partial charge in [0.25, 0.3) is 0 Å². The van der Waals surface area contributed by atoms with Gasteiger partial charge in [-0.2, -0.15) is 5.10 Å². The first-order valence-corrected chi connectivity index (χ1v) is 22.9. The van der Waals surface area contributed by atoms with Crippen LogP contribution in [0.2, 0.25) is 0 Å². The van der Waals surface area contributed by atoms with Crippen LogP contribution in [0.15, 0.2) is 35.4 Å². The molecule has 1 aromatic carbocycles. The Morgan fingerprint density at radius 1 is 0.877 bits per heavy atom. The van der Waals surface area contributed by atoms with Gasteiger partial charge in [-0.15, -0.1) is 0 Å². The Morgan fingerprint density at radius 3 is 2.26 bits per heavy atom. The van der Waals surface area contributed by atoms with Crippen LogP contribution in [0.1, 0.15) is 95.8 Å². The molecule has 7 heterocycles. The van der Waals surface area contributed by atoms with Crippen LogP contribution >= 0.6 is 0 Å². The number of piperazine rings is 2. The first-order valence-electron chi connectivity index (χ1n) is 22.9. The maximum absolute atomic E-state index is 15.1. The highest BCUT2D eigenvalue weighted by atomic mass is 19.1. The van der Waals surface area contributed by atoms with Crippen molar-refractivity contribution in [3.8, 4) is 22.8 Å². The summed E-state index contributed by atoms with van der Waals surface area (Å²) >= 11 is 0. The van der Waals surface area contributed by atoms with Gasteiger partial charge in [-0.1, -0.05) is 24.4 Å². The number of nitrogens with two attached hydrogens (primary N) is 1. The minimum absolute atomic E-state index is 0.0272. The van der Waals surface area contributed by atoms with Crippen molar-refractivity contribution >= 4 is 51.6 Å². The normalized spacial score (nSPS) is 18.5. The number of fused-ring (bicyclic) bond motifs is 1. The number of imide groups is 1. The monoisotopic (exact) mass is 894 g/mol. The second kappa shape index (κ2) is 19.0. The first kappa shape index (κ1) is 43.9. The lowest BCUT2D eigenvalue weighted by Crippen LogP contribution is -2.48. The van der Waals surface area contributed by atoms with E-state index >= 15 is 8.78 Å². The minimum Gasteiger partial charge on any atom is -0.383 e. The number of aromatic nitrogens is 7. The molecule has 3 amide bonds. The molecule has 0 radical (unpaired) electrons. The van der Waals surface area contributed by atoms with Gasteiger partial charge in [0, 0.05) is 82.8 Å². The number of carbonyl (C=O) groups excluding carboxylic acids is 3. The fraction of sp³-hybridized carbons (Fsp3) is 0.533. The fourth-order valence-corrected chi connectivity index (χ4v) is 9.13. The summed E-state index contributed by atoms with van der Waals surface area (Å²) in [5.41, 5.74) is 9.76. The van der Waals surface area contributed by atoms with Crippen molar-refractivity contribution in [2.24, 2.45) is 0 Å². The third-order valence-electron chi connectivity index (χ3n) is 12.9. The zero-order valence-electron chi connectivity index (χ0n) is 36.9. The molecule has 9 rings (SSSR count). The number of halogens is 2. The van der Waals surface area contributed by atoms with Gasteiger partial charge in [0.15, 0.2) is 28.9 Å². The SMILES string of the molecule is CC(C)n1nc(-c2noc(C3CC3)c2-c2ncc(N3CCN(C(=O)CCCCCCCN4CCN(c5c(F)cc(NC6CCC(=O)NC6=O)cc5F)CC4)CC3)cn2)c2c(N)ncnc21. The summed E-state index contributed by atoms with van der Waals surface area (Å²) in [6.45, 7) is 10.0. The minimum atomic E-state index is -0.719. The van der Waals surface area contributed by atoms with Crippen molar-refractivity contribution in [2.45, 2.75) is 96.1 Å². The molecule has 3 aliphatic heterocycles. The van der Waals surface area contributed by atoms with Crippen molar-refractivity contribution in [3.63, 3.8) is 0 Å². The number of nitrogen functional groups attached to an aromatic ring is 1. The third kappa shape index (κ3) is 9.58. The molecule has 4 fully saturated rings. The van der Waals surface area contributed by atoms with Gasteiger partial charge < -0.3 is 30.3 Å². The van der Waals surface area contributed by atoms with Gasteiger partial charge in [-0.25, -0.2) is 33.4 Å². The molecule has 0 spiro atoms. The zero-order valence-corrected chi connectivity index (χ0v) is 36.9. The Labute approximate surface area is 375 Å². The van der Waals surface area contributed by atoms with E-state index in [1.165, 1.54) is 18.5 Å². The molecule has 18 nitrogen and oxygen atoms in total. The molecule has 65 heavy (non-hydrogen) atoms. The van der Waals surface area contributed by atoms with Crippen LogP contribution in [0.3, 0.4) is 0 Å². The smallest absolute Gasteiger partial charge is 0.249 e. The van der Waals surface area contributed by atoms with E-state index in [0.717, 1.165) is 62.9 Å². The van der Waals surface area contributed by atoms with Gasteiger partial charge in [0.1, 0.15) is 35.3 Å². The number of amides is 3. The molecule has 344 valence electrons. The standard InChI is InChI=1S/C45H56F2N14O4/c1-27(2)61-44-37(42(48)51-26-52-44)38(55-61)39-36(41(65-56-39)28-9-10-28)43-49-24-30(25-50-43)58-18-20-59(21-19-58)35(63)8-6-4-3-5-7-13-57-14-16-60(17-15-57)40-31(46)22-29(23-32(40)47)53-33-11-12-34(62)54-45(33)64/h22-28,33,53H,3-21H2,1-2H3,(H2,48,51,52)(H,54,62,64). The van der Waals surface area contributed by atoms with Crippen LogP contribution < -0.4 is 26.2 Å². The Morgan fingerprint density at radius 2 is 1.57 bits per heavy atom. The van der Waals surface area contributed by atoms with E-state index < -0.39 is 23.6 Å². The van der Waals surface area contributed by atoms with Crippen LogP contribution in [0.5, 0.6) is 0 Å². The lowest BCUT2D eigenvalue weighted by Gasteiger charge is -2.36. The number of rotatable bonds is 16. The van der Waals surface area contributed by atoms with E-state index in [0.29, 0.717) is 98.4 Å². The molecular formula is C45H56F2N14O4. The lowest BCUT2D eigenvalue weighted by atomic mass is 10.1.